The Morgan fingerprint density at radius 1 is 1.19 bits per heavy atom. The Hall–Kier alpha value is -1.98. The van der Waals surface area contributed by atoms with Gasteiger partial charge in [-0.3, -0.25) is 10.1 Å². The lowest BCUT2D eigenvalue weighted by molar-refractivity contribution is -0.427. The summed E-state index contributed by atoms with van der Waals surface area (Å²) in [5.41, 5.74) is 0.988. The predicted octanol–water partition coefficient (Wildman–Crippen LogP) is 4.92. The number of rotatable bonds is 3. The first kappa shape index (κ1) is 14.0. The van der Waals surface area contributed by atoms with Gasteiger partial charge in [0, 0.05) is 11.1 Å². The monoisotopic (exact) mass is 319 g/mol. The van der Waals surface area contributed by atoms with Crippen molar-refractivity contribution in [3.8, 4) is 0 Å². The maximum Gasteiger partial charge on any atom is 0.263 e. The van der Waals surface area contributed by atoms with Crippen LogP contribution in [0.2, 0.25) is 5.02 Å². The van der Waals surface area contributed by atoms with E-state index in [1.54, 1.807) is 30.5 Å². The molecule has 0 radical (unpaired) electrons. The first-order valence-electron chi connectivity index (χ1n) is 6.17. The molecular weight excluding hydrogens is 310 g/mol. The number of halogens is 1. The second-order valence-corrected chi connectivity index (χ2v) is 5.99. The minimum absolute atomic E-state index is 0.151. The first-order valence-corrected chi connectivity index (χ1v) is 7.43. The standard InChI is InChI=1S/C15H10ClNO3S/c16-11-5-3-10(4-6-11)15-12(17(18)19)7-8-14(21-15)13-2-1-9-20-13/h1-9,15H. The molecular formula is C15H10ClNO3S. The third-order valence-corrected chi connectivity index (χ3v) is 4.66. The summed E-state index contributed by atoms with van der Waals surface area (Å²) in [6.45, 7) is 0. The van der Waals surface area contributed by atoms with Crippen molar-refractivity contribution in [3.63, 3.8) is 0 Å². The van der Waals surface area contributed by atoms with Crippen molar-refractivity contribution in [1.82, 2.24) is 0 Å². The molecule has 1 aliphatic rings. The maximum atomic E-state index is 11.2. The zero-order valence-corrected chi connectivity index (χ0v) is 12.3. The zero-order valence-electron chi connectivity index (χ0n) is 10.7. The average Bonchev–Trinajstić information content (AvgIpc) is 3.01. The van der Waals surface area contributed by atoms with Crippen molar-refractivity contribution in [1.29, 1.82) is 0 Å². The molecule has 1 aromatic carbocycles. The summed E-state index contributed by atoms with van der Waals surface area (Å²) in [6.07, 6.45) is 4.84. The maximum absolute atomic E-state index is 11.2. The summed E-state index contributed by atoms with van der Waals surface area (Å²) < 4.78 is 5.36. The van der Waals surface area contributed by atoms with E-state index in [-0.39, 0.29) is 15.9 Å². The average molecular weight is 320 g/mol. The van der Waals surface area contributed by atoms with Crippen LogP contribution in [0.15, 0.2) is 64.9 Å². The van der Waals surface area contributed by atoms with E-state index >= 15 is 0 Å². The van der Waals surface area contributed by atoms with Crippen LogP contribution in [0.25, 0.3) is 4.91 Å². The topological polar surface area (TPSA) is 56.3 Å². The van der Waals surface area contributed by atoms with Crippen molar-refractivity contribution in [3.05, 3.63) is 87.0 Å². The second-order valence-electron chi connectivity index (χ2n) is 4.41. The van der Waals surface area contributed by atoms with Crippen LogP contribution in [0, 0.1) is 10.1 Å². The Balaban J connectivity index is 1.99. The van der Waals surface area contributed by atoms with Crippen molar-refractivity contribution in [2.75, 3.05) is 0 Å². The molecule has 2 aromatic rings. The molecule has 0 saturated carbocycles. The van der Waals surface area contributed by atoms with Crippen molar-refractivity contribution in [2.45, 2.75) is 5.25 Å². The molecule has 2 heterocycles. The van der Waals surface area contributed by atoms with E-state index in [4.69, 9.17) is 16.0 Å². The van der Waals surface area contributed by atoms with E-state index in [0.29, 0.717) is 10.8 Å². The summed E-state index contributed by atoms with van der Waals surface area (Å²) in [4.78, 5) is 11.8. The molecule has 1 atom stereocenters. The number of thioether (sulfide) groups is 1. The molecule has 1 aliphatic heterocycles. The number of allylic oxidation sites excluding steroid dienone is 2. The molecule has 21 heavy (non-hydrogen) atoms. The molecule has 0 fully saturated rings. The highest BCUT2D eigenvalue weighted by molar-refractivity contribution is 8.08. The van der Waals surface area contributed by atoms with Crippen LogP contribution >= 0.6 is 23.4 Å². The van der Waals surface area contributed by atoms with Gasteiger partial charge in [-0.1, -0.05) is 23.7 Å². The van der Waals surface area contributed by atoms with E-state index < -0.39 is 0 Å². The van der Waals surface area contributed by atoms with Crippen molar-refractivity contribution < 1.29 is 9.34 Å². The molecule has 6 heteroatoms. The van der Waals surface area contributed by atoms with Gasteiger partial charge in [0.05, 0.1) is 16.1 Å². The van der Waals surface area contributed by atoms with Crippen LogP contribution in [-0.4, -0.2) is 4.92 Å². The lowest BCUT2D eigenvalue weighted by Gasteiger charge is -2.18. The quantitative estimate of drug-likeness (QED) is 0.595. The number of benzene rings is 1. The Morgan fingerprint density at radius 2 is 1.95 bits per heavy atom. The van der Waals surface area contributed by atoms with E-state index in [1.807, 2.05) is 18.2 Å². The van der Waals surface area contributed by atoms with E-state index in [9.17, 15) is 10.1 Å². The summed E-state index contributed by atoms with van der Waals surface area (Å²) in [5.74, 6) is 0.706. The normalized spacial score (nSPS) is 18.0. The number of nitrogens with zero attached hydrogens (tertiary/aromatic N) is 1. The van der Waals surface area contributed by atoms with Gasteiger partial charge >= 0.3 is 0 Å². The van der Waals surface area contributed by atoms with Crippen LogP contribution in [0.4, 0.5) is 0 Å². The molecule has 0 amide bonds. The summed E-state index contributed by atoms with van der Waals surface area (Å²) in [6, 6.07) is 10.7. The number of hydrogen-bond acceptors (Lipinski definition) is 4. The third-order valence-electron chi connectivity index (χ3n) is 3.07. The molecule has 4 nitrogen and oxygen atoms in total. The Morgan fingerprint density at radius 3 is 2.57 bits per heavy atom. The molecule has 3 rings (SSSR count). The smallest absolute Gasteiger partial charge is 0.263 e. The predicted molar refractivity (Wildman–Crippen MR) is 83.5 cm³/mol. The lowest BCUT2D eigenvalue weighted by Crippen LogP contribution is -2.10. The fourth-order valence-electron chi connectivity index (χ4n) is 2.07. The molecule has 1 aromatic heterocycles. The van der Waals surface area contributed by atoms with Crippen LogP contribution in [0.3, 0.4) is 0 Å². The third kappa shape index (κ3) is 2.89. The van der Waals surface area contributed by atoms with Gasteiger partial charge in [0.25, 0.3) is 5.70 Å². The molecule has 1 unspecified atom stereocenters. The molecule has 0 saturated heterocycles. The van der Waals surface area contributed by atoms with Crippen LogP contribution < -0.4 is 0 Å². The number of hydrogen-bond donors (Lipinski definition) is 0. The molecule has 0 aliphatic carbocycles. The number of furan rings is 1. The Kier molecular flexibility index (Phi) is 3.86. The minimum Gasteiger partial charge on any atom is -0.464 e. The van der Waals surface area contributed by atoms with Gasteiger partial charge in [-0.25, -0.2) is 0 Å². The number of nitro groups is 1. The van der Waals surface area contributed by atoms with E-state index in [1.165, 1.54) is 17.8 Å². The first-order chi connectivity index (χ1) is 10.1. The van der Waals surface area contributed by atoms with Gasteiger partial charge in [0.15, 0.2) is 0 Å². The molecule has 106 valence electrons. The zero-order chi connectivity index (χ0) is 14.8. The summed E-state index contributed by atoms with van der Waals surface area (Å²) in [5, 5.41) is 11.5. The highest BCUT2D eigenvalue weighted by atomic mass is 35.5. The van der Waals surface area contributed by atoms with Gasteiger partial charge in [-0.2, -0.15) is 0 Å². The summed E-state index contributed by atoms with van der Waals surface area (Å²) >= 11 is 7.28. The molecule has 0 bridgehead atoms. The van der Waals surface area contributed by atoms with Crippen LogP contribution in [-0.2, 0) is 0 Å². The fourth-order valence-corrected chi connectivity index (χ4v) is 3.40. The van der Waals surface area contributed by atoms with Crippen LogP contribution in [0.5, 0.6) is 0 Å². The van der Waals surface area contributed by atoms with Gasteiger partial charge in [-0.05, 0) is 35.9 Å². The van der Waals surface area contributed by atoms with Gasteiger partial charge in [0.1, 0.15) is 11.0 Å². The lowest BCUT2D eigenvalue weighted by atomic mass is 10.1. The minimum atomic E-state index is -0.387. The highest BCUT2D eigenvalue weighted by Crippen LogP contribution is 2.47. The molecule has 0 N–H and O–H groups in total. The van der Waals surface area contributed by atoms with Gasteiger partial charge in [-0.15, -0.1) is 11.8 Å². The van der Waals surface area contributed by atoms with Crippen molar-refractivity contribution >= 4 is 28.3 Å². The van der Waals surface area contributed by atoms with Crippen LogP contribution in [0.1, 0.15) is 16.6 Å². The molecule has 0 spiro atoms. The van der Waals surface area contributed by atoms with Gasteiger partial charge in [0.2, 0.25) is 0 Å². The summed E-state index contributed by atoms with van der Waals surface area (Å²) in [7, 11) is 0. The SMILES string of the molecule is O=[N+]([O-])C1=CC=C(c2ccco2)SC1c1ccc(Cl)cc1. The highest BCUT2D eigenvalue weighted by Gasteiger charge is 2.31. The Labute approximate surface area is 130 Å². The van der Waals surface area contributed by atoms with Gasteiger partial charge < -0.3 is 4.42 Å². The van der Waals surface area contributed by atoms with E-state index in [2.05, 4.69) is 0 Å². The second kappa shape index (κ2) is 5.79. The van der Waals surface area contributed by atoms with Crippen molar-refractivity contribution in [2.24, 2.45) is 0 Å². The largest absolute Gasteiger partial charge is 0.464 e. The van der Waals surface area contributed by atoms with E-state index in [0.717, 1.165) is 10.5 Å². The fraction of sp³-hybridized carbons (Fsp3) is 0.0667. The Bertz CT molecular complexity index is 720.